The van der Waals surface area contributed by atoms with E-state index in [0.717, 1.165) is 27.2 Å². The lowest BCUT2D eigenvalue weighted by molar-refractivity contribution is -0.140. The predicted octanol–water partition coefficient (Wildman–Crippen LogP) is 5.11. The summed E-state index contributed by atoms with van der Waals surface area (Å²) >= 11 is 1.43. The Balaban J connectivity index is 1.52. The number of aromatic nitrogens is 3. The Kier molecular flexibility index (Phi) is 6.64. The molecule has 182 valence electrons. The minimum Gasteiger partial charge on any atom is -0.467 e. The first-order valence-electron chi connectivity index (χ1n) is 11.5. The first-order chi connectivity index (χ1) is 17.5. The summed E-state index contributed by atoms with van der Waals surface area (Å²) in [5, 5.41) is 13.3. The molecule has 0 radical (unpaired) electrons. The normalized spacial score (nSPS) is 11.9. The van der Waals surface area contributed by atoms with Gasteiger partial charge in [-0.15, -0.1) is 16.4 Å². The van der Waals surface area contributed by atoms with Crippen molar-refractivity contribution < 1.29 is 14.0 Å². The Morgan fingerprint density at radius 3 is 2.56 bits per heavy atom. The van der Waals surface area contributed by atoms with Gasteiger partial charge in [0.05, 0.1) is 18.3 Å². The van der Waals surface area contributed by atoms with Gasteiger partial charge in [0.2, 0.25) is 5.91 Å². The third-order valence-corrected chi connectivity index (χ3v) is 6.96. The van der Waals surface area contributed by atoms with Gasteiger partial charge in [-0.05, 0) is 60.7 Å². The second kappa shape index (κ2) is 10.2. The number of hydrogen-bond donors (Lipinski definition) is 1. The van der Waals surface area contributed by atoms with Gasteiger partial charge in [-0.1, -0.05) is 41.6 Å². The van der Waals surface area contributed by atoms with Crippen LogP contribution in [-0.2, 0) is 22.7 Å². The monoisotopic (exact) mass is 499 g/mol. The molecule has 0 bridgehead atoms. The fraction of sp³-hybridized carbons (Fsp3) is 0.185. The molecule has 3 aromatic heterocycles. The summed E-state index contributed by atoms with van der Waals surface area (Å²) in [6, 6.07) is 19.7. The van der Waals surface area contributed by atoms with Crippen molar-refractivity contribution in [2.45, 2.75) is 33.0 Å². The van der Waals surface area contributed by atoms with E-state index in [1.165, 1.54) is 11.3 Å². The van der Waals surface area contributed by atoms with E-state index in [0.29, 0.717) is 11.3 Å². The van der Waals surface area contributed by atoms with Crippen LogP contribution in [0.4, 0.5) is 5.69 Å². The Morgan fingerprint density at radius 2 is 1.83 bits per heavy atom. The van der Waals surface area contributed by atoms with Gasteiger partial charge in [0, 0.05) is 10.6 Å². The van der Waals surface area contributed by atoms with Crippen LogP contribution < -0.4 is 5.32 Å². The molecule has 0 saturated heterocycles. The van der Waals surface area contributed by atoms with Crippen LogP contribution in [0.25, 0.3) is 11.0 Å². The summed E-state index contributed by atoms with van der Waals surface area (Å²) in [5.41, 5.74) is 4.09. The van der Waals surface area contributed by atoms with E-state index in [1.54, 1.807) is 28.0 Å². The van der Waals surface area contributed by atoms with Crippen LogP contribution in [0.1, 0.15) is 27.8 Å². The van der Waals surface area contributed by atoms with Crippen molar-refractivity contribution in [2.24, 2.45) is 0 Å². The molecule has 0 saturated carbocycles. The molecular weight excluding hydrogens is 474 g/mol. The van der Waals surface area contributed by atoms with Gasteiger partial charge < -0.3 is 14.6 Å². The number of furan rings is 1. The topological polar surface area (TPSA) is 93.3 Å². The Hall–Kier alpha value is -4.24. The Morgan fingerprint density at radius 1 is 1.03 bits per heavy atom. The van der Waals surface area contributed by atoms with Gasteiger partial charge in [0.25, 0.3) is 5.91 Å². The molecular formula is C27H25N5O3S. The van der Waals surface area contributed by atoms with Crippen LogP contribution in [0, 0.1) is 13.8 Å². The minimum atomic E-state index is -0.864. The summed E-state index contributed by atoms with van der Waals surface area (Å²) in [6.07, 6.45) is 1.56. The number of rotatable bonds is 8. The van der Waals surface area contributed by atoms with E-state index in [9.17, 15) is 9.59 Å². The molecule has 9 heteroatoms. The molecule has 1 atom stereocenters. The molecule has 5 aromatic rings. The lowest BCUT2D eigenvalue weighted by atomic mass is 10.1. The number of thiophene rings is 1. The first kappa shape index (κ1) is 23.5. The van der Waals surface area contributed by atoms with Gasteiger partial charge in [-0.25, -0.2) is 4.68 Å². The summed E-state index contributed by atoms with van der Waals surface area (Å²) in [4.78, 5) is 30.0. The molecule has 0 aliphatic carbocycles. The highest BCUT2D eigenvalue weighted by molar-refractivity contribution is 7.10. The number of benzene rings is 2. The van der Waals surface area contributed by atoms with Gasteiger partial charge in [0.15, 0.2) is 0 Å². The van der Waals surface area contributed by atoms with Crippen LogP contribution in [-0.4, -0.2) is 31.7 Å². The van der Waals surface area contributed by atoms with Crippen molar-refractivity contribution >= 4 is 39.9 Å². The molecule has 0 spiro atoms. The van der Waals surface area contributed by atoms with Crippen molar-refractivity contribution in [3.63, 3.8) is 0 Å². The number of carbonyl (C=O) groups is 2. The maximum Gasteiger partial charge on any atom is 0.252 e. The zero-order valence-corrected chi connectivity index (χ0v) is 20.7. The van der Waals surface area contributed by atoms with Crippen molar-refractivity contribution in [1.82, 2.24) is 19.9 Å². The Bertz CT molecular complexity index is 1470. The number of anilines is 1. The standard InChI is InChI=1S/C27H25N5O3S/c1-18-8-5-9-19(2)25(18)28-27(34)26(23-13-7-15-36-23)31(16-20-10-6-14-35-20)24(33)17-32-22-12-4-3-11-21(22)29-30-32/h3-15,26H,16-17H2,1-2H3,(H,28,34)/t26-/m0/s1. The van der Waals surface area contributed by atoms with E-state index >= 15 is 0 Å². The van der Waals surface area contributed by atoms with Gasteiger partial charge >= 0.3 is 0 Å². The molecule has 2 aromatic carbocycles. The Labute approximate surface area is 212 Å². The van der Waals surface area contributed by atoms with Crippen LogP contribution >= 0.6 is 11.3 Å². The van der Waals surface area contributed by atoms with E-state index in [-0.39, 0.29) is 24.9 Å². The fourth-order valence-corrected chi connectivity index (χ4v) is 5.06. The zero-order valence-electron chi connectivity index (χ0n) is 19.9. The van der Waals surface area contributed by atoms with E-state index < -0.39 is 6.04 Å². The minimum absolute atomic E-state index is 0.0697. The molecule has 5 rings (SSSR count). The average molecular weight is 500 g/mol. The van der Waals surface area contributed by atoms with Crippen molar-refractivity contribution in [1.29, 1.82) is 0 Å². The lowest BCUT2D eigenvalue weighted by Gasteiger charge is -2.30. The summed E-state index contributed by atoms with van der Waals surface area (Å²) in [5.74, 6) is 0.00328. The molecule has 1 N–H and O–H groups in total. The van der Waals surface area contributed by atoms with E-state index in [1.807, 2.05) is 73.8 Å². The highest BCUT2D eigenvalue weighted by Crippen LogP contribution is 2.30. The summed E-state index contributed by atoms with van der Waals surface area (Å²) in [7, 11) is 0. The van der Waals surface area contributed by atoms with Crippen LogP contribution in [0.3, 0.4) is 0 Å². The molecule has 0 aliphatic rings. The lowest BCUT2D eigenvalue weighted by Crippen LogP contribution is -2.42. The number of aryl methyl sites for hydroxylation is 2. The van der Waals surface area contributed by atoms with E-state index in [2.05, 4.69) is 15.6 Å². The smallest absolute Gasteiger partial charge is 0.252 e. The number of hydrogen-bond acceptors (Lipinski definition) is 6. The predicted molar refractivity (Wildman–Crippen MR) is 138 cm³/mol. The zero-order chi connectivity index (χ0) is 25.1. The highest BCUT2D eigenvalue weighted by Gasteiger charge is 2.34. The average Bonchev–Trinajstić information content (AvgIpc) is 3.64. The molecule has 36 heavy (non-hydrogen) atoms. The third-order valence-electron chi connectivity index (χ3n) is 6.03. The number of nitrogens with one attached hydrogen (secondary N) is 1. The van der Waals surface area contributed by atoms with E-state index in [4.69, 9.17) is 4.42 Å². The SMILES string of the molecule is Cc1cccc(C)c1NC(=O)[C@H](c1cccs1)N(Cc1ccco1)C(=O)Cn1nnc2ccccc21. The molecule has 2 amide bonds. The van der Waals surface area contributed by atoms with Gasteiger partial charge in [0.1, 0.15) is 23.9 Å². The maximum absolute atomic E-state index is 13.8. The van der Waals surface area contributed by atoms with Gasteiger partial charge in [-0.2, -0.15) is 0 Å². The van der Waals surface area contributed by atoms with Gasteiger partial charge in [-0.3, -0.25) is 9.59 Å². The summed E-state index contributed by atoms with van der Waals surface area (Å²) < 4.78 is 7.12. The first-order valence-corrected chi connectivity index (χ1v) is 12.4. The highest BCUT2D eigenvalue weighted by atomic mass is 32.1. The molecule has 0 fully saturated rings. The molecule has 8 nitrogen and oxygen atoms in total. The van der Waals surface area contributed by atoms with Crippen molar-refractivity contribution in [3.8, 4) is 0 Å². The maximum atomic E-state index is 13.8. The largest absolute Gasteiger partial charge is 0.467 e. The fourth-order valence-electron chi connectivity index (χ4n) is 4.22. The number of nitrogens with zero attached hydrogens (tertiary/aromatic N) is 4. The van der Waals surface area contributed by atoms with Crippen molar-refractivity contribution in [3.05, 3.63) is 100 Å². The second-order valence-electron chi connectivity index (χ2n) is 8.51. The molecule has 3 heterocycles. The van der Waals surface area contributed by atoms with Crippen LogP contribution in [0.2, 0.25) is 0 Å². The number of fused-ring (bicyclic) bond motifs is 1. The molecule has 0 unspecified atom stereocenters. The van der Waals surface area contributed by atoms with Crippen LogP contribution in [0.5, 0.6) is 0 Å². The molecule has 0 aliphatic heterocycles. The number of amides is 2. The second-order valence-corrected chi connectivity index (χ2v) is 9.49. The quantitative estimate of drug-likeness (QED) is 0.320. The third kappa shape index (κ3) is 4.78. The van der Waals surface area contributed by atoms with Crippen LogP contribution in [0.15, 0.2) is 82.8 Å². The summed E-state index contributed by atoms with van der Waals surface area (Å²) in [6.45, 7) is 3.95. The number of carbonyl (C=O) groups excluding carboxylic acids is 2. The number of para-hydroxylation sites is 2. The van der Waals surface area contributed by atoms with Crippen molar-refractivity contribution in [2.75, 3.05) is 5.32 Å².